The molecule has 0 saturated carbocycles. The van der Waals surface area contributed by atoms with Crippen molar-refractivity contribution >= 4 is 22.4 Å². The van der Waals surface area contributed by atoms with Crippen molar-refractivity contribution in [1.29, 1.82) is 0 Å². The second-order valence-corrected chi connectivity index (χ2v) is 6.51. The standard InChI is InChI=1S/C17H21N3O4S/c1-22-10-3-5-14(23-2)12(7-10)13-9-25-17(19-13)20-16(21)15-6-4-11(8-18)24-15/h3,5,7,9,11,15H,4,6,8,18H2,1-2H3,(H,19,20,21)/t11-,15+/m1/s1. The van der Waals surface area contributed by atoms with Gasteiger partial charge >= 0.3 is 0 Å². The maximum absolute atomic E-state index is 12.3. The zero-order chi connectivity index (χ0) is 17.8. The summed E-state index contributed by atoms with van der Waals surface area (Å²) in [7, 11) is 3.21. The number of nitrogens with zero attached hydrogens (tertiary/aromatic N) is 1. The third-order valence-electron chi connectivity index (χ3n) is 4.08. The van der Waals surface area contributed by atoms with Crippen LogP contribution in [0, 0.1) is 0 Å². The normalized spacial score (nSPS) is 19.6. The van der Waals surface area contributed by atoms with Gasteiger partial charge in [0.2, 0.25) is 0 Å². The molecule has 8 heteroatoms. The van der Waals surface area contributed by atoms with Gasteiger partial charge in [-0.05, 0) is 31.0 Å². The Morgan fingerprint density at radius 2 is 2.24 bits per heavy atom. The van der Waals surface area contributed by atoms with Crippen LogP contribution >= 0.6 is 11.3 Å². The molecular weight excluding hydrogens is 342 g/mol. The predicted molar refractivity (Wildman–Crippen MR) is 96.2 cm³/mol. The third-order valence-corrected chi connectivity index (χ3v) is 4.84. The summed E-state index contributed by atoms with van der Waals surface area (Å²) >= 11 is 1.35. The van der Waals surface area contributed by atoms with Gasteiger partial charge in [-0.3, -0.25) is 10.1 Å². The Hall–Kier alpha value is -2.16. The fraction of sp³-hybridized carbons (Fsp3) is 0.412. The first-order valence-corrected chi connectivity index (χ1v) is 8.87. The van der Waals surface area contributed by atoms with Gasteiger partial charge in [0, 0.05) is 17.5 Å². The number of benzene rings is 1. The van der Waals surface area contributed by atoms with Crippen LogP contribution in [0.15, 0.2) is 23.6 Å². The molecule has 0 aliphatic carbocycles. The number of nitrogens with one attached hydrogen (secondary N) is 1. The van der Waals surface area contributed by atoms with E-state index in [0.29, 0.717) is 35.3 Å². The average molecular weight is 363 g/mol. The van der Waals surface area contributed by atoms with Crippen LogP contribution in [-0.2, 0) is 9.53 Å². The van der Waals surface area contributed by atoms with E-state index in [1.807, 2.05) is 23.6 Å². The Morgan fingerprint density at radius 3 is 2.92 bits per heavy atom. The summed E-state index contributed by atoms with van der Waals surface area (Å²) in [5.74, 6) is 1.21. The fourth-order valence-corrected chi connectivity index (χ4v) is 3.44. The molecule has 25 heavy (non-hydrogen) atoms. The lowest BCUT2D eigenvalue weighted by Gasteiger charge is -2.11. The Labute approximate surface area is 150 Å². The molecule has 3 N–H and O–H groups in total. The van der Waals surface area contributed by atoms with E-state index in [0.717, 1.165) is 12.0 Å². The minimum atomic E-state index is -0.466. The topological polar surface area (TPSA) is 95.7 Å². The summed E-state index contributed by atoms with van der Waals surface area (Å²) in [5.41, 5.74) is 7.09. The predicted octanol–water partition coefficient (Wildman–Crippen LogP) is 2.27. The number of nitrogens with two attached hydrogens (primary N) is 1. The highest BCUT2D eigenvalue weighted by Crippen LogP contribution is 2.35. The maximum Gasteiger partial charge on any atom is 0.255 e. The number of anilines is 1. The van der Waals surface area contributed by atoms with E-state index in [2.05, 4.69) is 10.3 Å². The number of methoxy groups -OCH3 is 2. The van der Waals surface area contributed by atoms with E-state index in [1.165, 1.54) is 11.3 Å². The number of rotatable bonds is 6. The summed E-state index contributed by atoms with van der Waals surface area (Å²) < 4.78 is 16.2. The molecule has 2 heterocycles. The SMILES string of the molecule is COc1ccc(OC)c(-c2csc(NC(=O)[C@@H]3CC[C@H](CN)O3)n2)c1. The van der Waals surface area contributed by atoms with Crippen LogP contribution in [0.25, 0.3) is 11.3 Å². The number of carbonyl (C=O) groups excluding carboxylic acids is 1. The van der Waals surface area contributed by atoms with Crippen molar-refractivity contribution in [3.05, 3.63) is 23.6 Å². The second kappa shape index (κ2) is 7.81. The number of amides is 1. The van der Waals surface area contributed by atoms with Crippen molar-refractivity contribution in [3.63, 3.8) is 0 Å². The molecule has 2 aromatic rings. The Balaban J connectivity index is 1.73. The molecule has 2 atom stereocenters. The highest BCUT2D eigenvalue weighted by atomic mass is 32.1. The number of thiazole rings is 1. The largest absolute Gasteiger partial charge is 0.497 e. The molecule has 1 saturated heterocycles. The monoisotopic (exact) mass is 363 g/mol. The smallest absolute Gasteiger partial charge is 0.255 e. The molecule has 1 aromatic heterocycles. The van der Waals surface area contributed by atoms with Gasteiger partial charge in [-0.15, -0.1) is 11.3 Å². The molecular formula is C17H21N3O4S. The second-order valence-electron chi connectivity index (χ2n) is 5.65. The third kappa shape index (κ3) is 3.92. The highest BCUT2D eigenvalue weighted by molar-refractivity contribution is 7.14. The van der Waals surface area contributed by atoms with Gasteiger partial charge < -0.3 is 19.9 Å². The molecule has 1 aliphatic heterocycles. The lowest BCUT2D eigenvalue weighted by Crippen LogP contribution is -2.29. The molecule has 134 valence electrons. The van der Waals surface area contributed by atoms with Gasteiger partial charge in [0.05, 0.1) is 26.0 Å². The first-order chi connectivity index (χ1) is 12.1. The van der Waals surface area contributed by atoms with Crippen LogP contribution < -0.4 is 20.5 Å². The molecule has 1 fully saturated rings. The minimum absolute atomic E-state index is 0.0383. The quantitative estimate of drug-likeness (QED) is 0.817. The molecule has 1 aliphatic rings. The molecule has 3 rings (SSSR count). The maximum atomic E-state index is 12.3. The van der Waals surface area contributed by atoms with E-state index in [1.54, 1.807) is 14.2 Å². The summed E-state index contributed by atoms with van der Waals surface area (Å²) in [4.78, 5) is 16.8. The van der Waals surface area contributed by atoms with Crippen molar-refractivity contribution in [3.8, 4) is 22.8 Å². The van der Waals surface area contributed by atoms with Crippen LogP contribution in [0.4, 0.5) is 5.13 Å². The van der Waals surface area contributed by atoms with E-state index < -0.39 is 6.10 Å². The zero-order valence-electron chi connectivity index (χ0n) is 14.2. The van der Waals surface area contributed by atoms with Gasteiger partial charge in [0.15, 0.2) is 5.13 Å². The van der Waals surface area contributed by atoms with Gasteiger partial charge in [0.25, 0.3) is 5.91 Å². The highest BCUT2D eigenvalue weighted by Gasteiger charge is 2.30. The molecule has 0 bridgehead atoms. The van der Waals surface area contributed by atoms with Crippen LogP contribution in [0.1, 0.15) is 12.8 Å². The van der Waals surface area contributed by atoms with E-state index in [9.17, 15) is 4.79 Å². The fourth-order valence-electron chi connectivity index (χ4n) is 2.73. The van der Waals surface area contributed by atoms with Crippen molar-refractivity contribution in [2.75, 3.05) is 26.1 Å². The van der Waals surface area contributed by atoms with Crippen molar-refractivity contribution in [1.82, 2.24) is 4.98 Å². The van der Waals surface area contributed by atoms with Gasteiger partial charge in [-0.25, -0.2) is 4.98 Å². The lowest BCUT2D eigenvalue weighted by atomic mass is 10.1. The number of carbonyl (C=O) groups is 1. The molecule has 0 radical (unpaired) electrons. The zero-order valence-corrected chi connectivity index (χ0v) is 15.0. The summed E-state index contributed by atoms with van der Waals surface area (Å²) in [6.07, 6.45) is 0.977. The first kappa shape index (κ1) is 17.7. The summed E-state index contributed by atoms with van der Waals surface area (Å²) in [6, 6.07) is 5.50. The number of aromatic nitrogens is 1. The van der Waals surface area contributed by atoms with E-state index >= 15 is 0 Å². The van der Waals surface area contributed by atoms with Gasteiger partial charge in [0.1, 0.15) is 17.6 Å². The Morgan fingerprint density at radius 1 is 1.40 bits per heavy atom. The van der Waals surface area contributed by atoms with Crippen LogP contribution in [0.2, 0.25) is 0 Å². The number of hydrogen-bond donors (Lipinski definition) is 2. The van der Waals surface area contributed by atoms with Gasteiger partial charge in [-0.1, -0.05) is 0 Å². The average Bonchev–Trinajstić information content (AvgIpc) is 3.30. The molecule has 1 amide bonds. The van der Waals surface area contributed by atoms with E-state index in [4.69, 9.17) is 19.9 Å². The van der Waals surface area contributed by atoms with Crippen LogP contribution in [-0.4, -0.2) is 43.9 Å². The lowest BCUT2D eigenvalue weighted by molar-refractivity contribution is -0.126. The summed E-state index contributed by atoms with van der Waals surface area (Å²) in [6.45, 7) is 0.431. The van der Waals surface area contributed by atoms with E-state index in [-0.39, 0.29) is 12.0 Å². The number of hydrogen-bond acceptors (Lipinski definition) is 7. The van der Waals surface area contributed by atoms with Gasteiger partial charge in [-0.2, -0.15) is 0 Å². The number of ether oxygens (including phenoxy) is 3. The molecule has 7 nitrogen and oxygen atoms in total. The Kier molecular flexibility index (Phi) is 5.52. The molecule has 0 unspecified atom stereocenters. The van der Waals surface area contributed by atoms with Crippen molar-refractivity contribution in [2.24, 2.45) is 5.73 Å². The Bertz CT molecular complexity index is 749. The molecule has 1 aromatic carbocycles. The van der Waals surface area contributed by atoms with Crippen LogP contribution in [0.3, 0.4) is 0 Å². The van der Waals surface area contributed by atoms with Crippen LogP contribution in [0.5, 0.6) is 11.5 Å². The molecule has 0 spiro atoms. The summed E-state index contributed by atoms with van der Waals surface area (Å²) in [5, 5.41) is 5.20. The minimum Gasteiger partial charge on any atom is -0.497 e. The van der Waals surface area contributed by atoms with Crippen molar-refractivity contribution < 1.29 is 19.0 Å². The van der Waals surface area contributed by atoms with Crippen molar-refractivity contribution in [2.45, 2.75) is 25.0 Å². The first-order valence-electron chi connectivity index (χ1n) is 7.99.